The molecule has 3 amide bonds. The minimum absolute atomic E-state index is 0.0397. The van der Waals surface area contributed by atoms with Crippen LogP contribution in [0.4, 0.5) is 16.2 Å². The van der Waals surface area contributed by atoms with Crippen LogP contribution >= 0.6 is 0 Å². The molecule has 0 radical (unpaired) electrons. The molecule has 0 spiro atoms. The van der Waals surface area contributed by atoms with Crippen molar-refractivity contribution in [1.82, 2.24) is 4.90 Å². The molecule has 1 saturated heterocycles. The fraction of sp³-hybridized carbons (Fsp3) is 0.500. The Morgan fingerprint density at radius 2 is 2.08 bits per heavy atom. The number of anilines is 2. The second-order valence-electron chi connectivity index (χ2n) is 5.49. The Bertz CT molecular complexity index is 593. The third-order valence-electron chi connectivity index (χ3n) is 3.82. The van der Waals surface area contributed by atoms with Crippen LogP contribution in [0.1, 0.15) is 5.56 Å². The van der Waals surface area contributed by atoms with Gasteiger partial charge < -0.3 is 30.1 Å². The van der Waals surface area contributed by atoms with Crippen molar-refractivity contribution in [3.05, 3.63) is 23.8 Å². The first-order chi connectivity index (χ1) is 11.6. The van der Waals surface area contributed by atoms with Crippen LogP contribution in [0, 0.1) is 6.92 Å². The van der Waals surface area contributed by atoms with Gasteiger partial charge in [0.15, 0.2) is 0 Å². The summed E-state index contributed by atoms with van der Waals surface area (Å²) >= 11 is 0. The number of nitrogens with zero attached hydrogens (tertiary/aromatic N) is 1. The summed E-state index contributed by atoms with van der Waals surface area (Å²) in [6.45, 7) is 2.79. The maximum absolute atomic E-state index is 12.5. The van der Waals surface area contributed by atoms with Gasteiger partial charge >= 0.3 is 6.03 Å². The van der Waals surface area contributed by atoms with E-state index < -0.39 is 0 Å². The van der Waals surface area contributed by atoms with Gasteiger partial charge in [0.25, 0.3) is 0 Å². The minimum Gasteiger partial charge on any atom is -0.394 e. The number of methoxy groups -OCH3 is 1. The monoisotopic (exact) mass is 337 g/mol. The van der Waals surface area contributed by atoms with Gasteiger partial charge in [-0.25, -0.2) is 4.79 Å². The lowest BCUT2D eigenvalue weighted by Crippen LogP contribution is -2.52. The van der Waals surface area contributed by atoms with E-state index >= 15 is 0 Å². The first-order valence-corrected chi connectivity index (χ1v) is 7.71. The van der Waals surface area contributed by atoms with Crippen molar-refractivity contribution in [3.8, 4) is 0 Å². The Morgan fingerprint density at radius 3 is 2.75 bits per heavy atom. The first kappa shape index (κ1) is 18.2. The number of hydrogen-bond acceptors (Lipinski definition) is 5. The normalized spacial score (nSPS) is 17.5. The topological polar surface area (TPSA) is 100 Å². The quantitative estimate of drug-likeness (QED) is 0.738. The average molecular weight is 337 g/mol. The Kier molecular flexibility index (Phi) is 6.53. The van der Waals surface area contributed by atoms with Gasteiger partial charge in [-0.05, 0) is 24.6 Å². The predicted molar refractivity (Wildman–Crippen MR) is 89.1 cm³/mol. The molecule has 1 atom stereocenters. The summed E-state index contributed by atoms with van der Waals surface area (Å²) in [5.74, 6) is -0.266. The fourth-order valence-corrected chi connectivity index (χ4v) is 2.48. The molecule has 1 fully saturated rings. The molecule has 0 aromatic heterocycles. The number of carbonyl (C=O) groups excluding carboxylic acids is 2. The Hall–Kier alpha value is -2.16. The van der Waals surface area contributed by atoms with Gasteiger partial charge in [0, 0.05) is 25.0 Å². The Balaban J connectivity index is 2.09. The second-order valence-corrected chi connectivity index (χ2v) is 5.49. The summed E-state index contributed by atoms with van der Waals surface area (Å²) < 4.78 is 10.1. The number of aliphatic hydroxyl groups is 1. The molecule has 1 aromatic carbocycles. The van der Waals surface area contributed by atoms with E-state index in [2.05, 4.69) is 10.6 Å². The lowest BCUT2D eigenvalue weighted by Gasteiger charge is -2.34. The van der Waals surface area contributed by atoms with Crippen LogP contribution in [0.2, 0.25) is 0 Å². The van der Waals surface area contributed by atoms with E-state index in [0.29, 0.717) is 31.1 Å². The summed E-state index contributed by atoms with van der Waals surface area (Å²) in [5.41, 5.74) is 1.94. The molecule has 132 valence electrons. The van der Waals surface area contributed by atoms with Gasteiger partial charge in [-0.3, -0.25) is 4.79 Å². The number of carbonyl (C=O) groups is 2. The standard InChI is InChI=1S/C16H23N3O5/c1-11-13(17-15(21)10-23-2)4-3-5-14(11)18-16(22)19-6-7-24-9-12(19)8-20/h3-5,12,20H,6-10H2,1-2H3,(H,17,21)(H,18,22)/t12-/m0/s1. The van der Waals surface area contributed by atoms with Gasteiger partial charge in [-0.1, -0.05) is 6.07 Å². The van der Waals surface area contributed by atoms with Crippen LogP contribution in [0.5, 0.6) is 0 Å². The Morgan fingerprint density at radius 1 is 1.38 bits per heavy atom. The van der Waals surface area contributed by atoms with Crippen LogP contribution in [-0.2, 0) is 14.3 Å². The van der Waals surface area contributed by atoms with Gasteiger partial charge in [-0.2, -0.15) is 0 Å². The number of urea groups is 1. The third-order valence-corrected chi connectivity index (χ3v) is 3.82. The number of benzene rings is 1. The average Bonchev–Trinajstić information content (AvgIpc) is 2.58. The zero-order valence-corrected chi connectivity index (χ0v) is 13.9. The van der Waals surface area contributed by atoms with E-state index in [0.717, 1.165) is 5.56 Å². The van der Waals surface area contributed by atoms with Crippen LogP contribution in [0.25, 0.3) is 0 Å². The number of rotatable bonds is 5. The number of morpholine rings is 1. The van der Waals surface area contributed by atoms with Crippen LogP contribution < -0.4 is 10.6 Å². The molecule has 1 heterocycles. The maximum Gasteiger partial charge on any atom is 0.322 e. The molecule has 1 aromatic rings. The molecule has 3 N–H and O–H groups in total. The van der Waals surface area contributed by atoms with Gasteiger partial charge in [-0.15, -0.1) is 0 Å². The molecule has 2 rings (SSSR count). The number of hydrogen-bond donors (Lipinski definition) is 3. The van der Waals surface area contributed by atoms with Crippen molar-refractivity contribution < 1.29 is 24.2 Å². The summed E-state index contributed by atoms with van der Waals surface area (Å²) in [6.07, 6.45) is 0. The van der Waals surface area contributed by atoms with E-state index in [1.54, 1.807) is 30.0 Å². The van der Waals surface area contributed by atoms with E-state index in [9.17, 15) is 14.7 Å². The van der Waals surface area contributed by atoms with Crippen molar-refractivity contribution in [2.75, 3.05) is 50.7 Å². The van der Waals surface area contributed by atoms with Crippen molar-refractivity contribution in [1.29, 1.82) is 0 Å². The number of aliphatic hydroxyl groups excluding tert-OH is 1. The number of amides is 3. The van der Waals surface area contributed by atoms with Crippen LogP contribution in [-0.4, -0.2) is 68.1 Å². The second kappa shape index (κ2) is 8.62. The number of ether oxygens (including phenoxy) is 2. The lowest BCUT2D eigenvalue weighted by atomic mass is 10.1. The van der Waals surface area contributed by atoms with Gasteiger partial charge in [0.05, 0.1) is 25.9 Å². The fourth-order valence-electron chi connectivity index (χ4n) is 2.48. The zero-order chi connectivity index (χ0) is 17.5. The molecular formula is C16H23N3O5. The lowest BCUT2D eigenvalue weighted by molar-refractivity contribution is -0.119. The smallest absolute Gasteiger partial charge is 0.322 e. The molecular weight excluding hydrogens is 314 g/mol. The highest BCUT2D eigenvalue weighted by atomic mass is 16.5. The molecule has 0 unspecified atom stereocenters. The first-order valence-electron chi connectivity index (χ1n) is 7.71. The highest BCUT2D eigenvalue weighted by Crippen LogP contribution is 2.24. The summed E-state index contributed by atoms with van der Waals surface area (Å²) in [6, 6.07) is 4.59. The van der Waals surface area contributed by atoms with Gasteiger partial charge in [0.2, 0.25) is 5.91 Å². The molecule has 0 saturated carbocycles. The van der Waals surface area contributed by atoms with E-state index in [1.807, 2.05) is 0 Å². The molecule has 24 heavy (non-hydrogen) atoms. The van der Waals surface area contributed by atoms with Gasteiger partial charge in [0.1, 0.15) is 6.61 Å². The molecule has 1 aliphatic rings. The largest absolute Gasteiger partial charge is 0.394 e. The molecule has 0 bridgehead atoms. The summed E-state index contributed by atoms with van der Waals surface area (Å²) in [5, 5.41) is 14.9. The van der Waals surface area contributed by atoms with Crippen molar-refractivity contribution >= 4 is 23.3 Å². The SMILES string of the molecule is COCC(=O)Nc1cccc(NC(=O)N2CCOC[C@@H]2CO)c1C. The molecule has 0 aliphatic carbocycles. The number of nitrogens with one attached hydrogen (secondary N) is 2. The predicted octanol–water partition coefficient (Wildman–Crippen LogP) is 0.805. The molecule has 8 nitrogen and oxygen atoms in total. The van der Waals surface area contributed by atoms with Crippen LogP contribution in [0.3, 0.4) is 0 Å². The van der Waals surface area contributed by atoms with Crippen LogP contribution in [0.15, 0.2) is 18.2 Å². The summed E-state index contributed by atoms with van der Waals surface area (Å²) in [7, 11) is 1.45. The third kappa shape index (κ3) is 4.44. The maximum atomic E-state index is 12.5. The van der Waals surface area contributed by atoms with E-state index in [-0.39, 0.29) is 31.2 Å². The van der Waals surface area contributed by atoms with Crippen molar-refractivity contribution in [3.63, 3.8) is 0 Å². The van der Waals surface area contributed by atoms with Crippen molar-refractivity contribution in [2.24, 2.45) is 0 Å². The highest BCUT2D eigenvalue weighted by Gasteiger charge is 2.27. The highest BCUT2D eigenvalue weighted by molar-refractivity contribution is 5.95. The van der Waals surface area contributed by atoms with E-state index in [4.69, 9.17) is 9.47 Å². The zero-order valence-electron chi connectivity index (χ0n) is 13.9. The minimum atomic E-state index is -0.358. The van der Waals surface area contributed by atoms with E-state index in [1.165, 1.54) is 7.11 Å². The summed E-state index contributed by atoms with van der Waals surface area (Å²) in [4.78, 5) is 25.7. The Labute approximate surface area is 140 Å². The molecule has 8 heteroatoms. The molecule has 1 aliphatic heterocycles. The van der Waals surface area contributed by atoms with Crippen molar-refractivity contribution in [2.45, 2.75) is 13.0 Å².